The summed E-state index contributed by atoms with van der Waals surface area (Å²) in [5.74, 6) is -2.59. The predicted octanol–water partition coefficient (Wildman–Crippen LogP) is 4.77. The number of aryl methyl sites for hydroxylation is 2. The molecular formula is C36H37F2N3O9S2. The van der Waals surface area contributed by atoms with Crippen LogP contribution in [0.4, 0.5) is 20.2 Å². The summed E-state index contributed by atoms with van der Waals surface area (Å²) in [5.41, 5.74) is 2.10. The van der Waals surface area contributed by atoms with E-state index in [0.717, 1.165) is 5.56 Å². The Morgan fingerprint density at radius 3 is 1.60 bits per heavy atom. The Hall–Kier alpha value is -5.06. The Labute approximate surface area is 300 Å². The number of carbonyl (C=O) groups excluding carboxylic acids is 2. The number of nitrogens with one attached hydrogen (secondary N) is 2. The van der Waals surface area contributed by atoms with Gasteiger partial charge in [0.15, 0.2) is 0 Å². The summed E-state index contributed by atoms with van der Waals surface area (Å²) in [5, 5.41) is 0. The van der Waals surface area contributed by atoms with Gasteiger partial charge in [0, 0.05) is 19.6 Å². The summed E-state index contributed by atoms with van der Waals surface area (Å²) in [4.78, 5) is 27.2. The maximum absolute atomic E-state index is 13.2. The number of carbonyl (C=O) groups is 2. The number of rotatable bonds is 16. The molecule has 52 heavy (non-hydrogen) atoms. The summed E-state index contributed by atoms with van der Waals surface area (Å²) in [6.07, 6.45) is 0.0121. The number of halogens is 2. The Balaban J connectivity index is 1.17. The third-order valence-electron chi connectivity index (χ3n) is 8.19. The summed E-state index contributed by atoms with van der Waals surface area (Å²) in [6, 6.07) is 20.1. The van der Waals surface area contributed by atoms with Crippen LogP contribution in [-0.2, 0) is 48.9 Å². The minimum atomic E-state index is -3.88. The Morgan fingerprint density at radius 1 is 0.673 bits per heavy atom. The molecule has 0 amide bonds. The lowest BCUT2D eigenvalue weighted by atomic mass is 10.1. The summed E-state index contributed by atoms with van der Waals surface area (Å²) in [7, 11) is -5.37. The van der Waals surface area contributed by atoms with Gasteiger partial charge in [-0.05, 0) is 84.1 Å². The van der Waals surface area contributed by atoms with Gasteiger partial charge in [0.05, 0.1) is 48.2 Å². The van der Waals surface area contributed by atoms with E-state index < -0.39 is 43.6 Å². The number of sulfonamides is 2. The summed E-state index contributed by atoms with van der Waals surface area (Å²) >= 11 is 0. The highest BCUT2D eigenvalue weighted by molar-refractivity contribution is 7.93. The molecule has 0 aliphatic carbocycles. The topological polar surface area (TPSA) is 157 Å². The van der Waals surface area contributed by atoms with Crippen molar-refractivity contribution in [1.82, 2.24) is 4.90 Å². The second-order valence-corrected chi connectivity index (χ2v) is 15.8. The number of benzene rings is 4. The first-order chi connectivity index (χ1) is 24.7. The maximum Gasteiger partial charge on any atom is 0.340 e. The molecule has 0 saturated carbocycles. The third-order valence-corrected chi connectivity index (χ3v) is 10.7. The Bertz CT molecular complexity index is 1970. The smallest absolute Gasteiger partial charge is 0.340 e. The zero-order valence-electron chi connectivity index (χ0n) is 28.3. The molecular weight excluding hydrogens is 721 g/mol. The van der Waals surface area contributed by atoms with E-state index in [1.165, 1.54) is 87.0 Å². The quantitative estimate of drug-likeness (QED) is 0.153. The number of likely N-dealkylation sites (tertiary alicyclic amines) is 1. The van der Waals surface area contributed by atoms with Crippen LogP contribution in [0.15, 0.2) is 84.9 Å². The van der Waals surface area contributed by atoms with E-state index in [2.05, 4.69) is 9.44 Å². The second-order valence-electron chi connectivity index (χ2n) is 12.1. The van der Waals surface area contributed by atoms with E-state index in [9.17, 15) is 35.2 Å². The molecule has 0 bridgehead atoms. The maximum atomic E-state index is 13.2. The summed E-state index contributed by atoms with van der Waals surface area (Å²) in [6.45, 7) is 1.38. The number of nitrogens with zero attached hydrogens (tertiary/aromatic N) is 1. The number of hydrogen-bond donors (Lipinski definition) is 2. The molecule has 276 valence electrons. The van der Waals surface area contributed by atoms with Crippen molar-refractivity contribution in [3.63, 3.8) is 0 Å². The molecule has 4 aromatic rings. The van der Waals surface area contributed by atoms with E-state index in [1.54, 1.807) is 12.1 Å². The highest BCUT2D eigenvalue weighted by atomic mass is 32.2. The van der Waals surface area contributed by atoms with E-state index in [1.807, 2.05) is 4.90 Å². The van der Waals surface area contributed by atoms with Crippen molar-refractivity contribution in [3.8, 4) is 5.75 Å². The van der Waals surface area contributed by atoms with Gasteiger partial charge in [-0.15, -0.1) is 0 Å². The van der Waals surface area contributed by atoms with Gasteiger partial charge in [-0.25, -0.2) is 35.2 Å². The van der Waals surface area contributed by atoms with Crippen LogP contribution in [0.3, 0.4) is 0 Å². The van der Waals surface area contributed by atoms with Crippen molar-refractivity contribution < 1.29 is 49.4 Å². The van der Waals surface area contributed by atoms with Crippen LogP contribution in [0, 0.1) is 11.6 Å². The van der Waals surface area contributed by atoms with Gasteiger partial charge in [0.1, 0.15) is 23.5 Å². The first kappa shape index (κ1) is 38.2. The molecule has 0 unspecified atom stereocenters. The molecule has 12 nitrogen and oxygen atoms in total. The van der Waals surface area contributed by atoms with E-state index >= 15 is 0 Å². The van der Waals surface area contributed by atoms with Gasteiger partial charge < -0.3 is 14.2 Å². The minimum absolute atomic E-state index is 0.0218. The van der Waals surface area contributed by atoms with Crippen LogP contribution in [0.1, 0.15) is 37.4 Å². The van der Waals surface area contributed by atoms with Crippen molar-refractivity contribution in [3.05, 3.63) is 124 Å². The van der Waals surface area contributed by atoms with Crippen LogP contribution >= 0.6 is 0 Å². The fourth-order valence-corrected chi connectivity index (χ4v) is 7.68. The Morgan fingerprint density at radius 2 is 1.12 bits per heavy atom. The van der Waals surface area contributed by atoms with Crippen molar-refractivity contribution in [1.29, 1.82) is 0 Å². The minimum Gasteiger partial charge on any atom is -0.488 e. The lowest BCUT2D eigenvalue weighted by Gasteiger charge is -2.39. The predicted molar refractivity (Wildman–Crippen MR) is 190 cm³/mol. The molecule has 4 aromatic carbocycles. The zero-order valence-corrected chi connectivity index (χ0v) is 29.9. The fraction of sp³-hybridized carbons (Fsp3) is 0.278. The molecule has 16 heteroatoms. The standard InChI is InChI=1S/C36H37F2N3O9S2/c1-48-35(42)31-19-26(7-13-33(31)39-51(44,45)17-15-24-3-8-27(37)9-4-24)21-41-22-30(23-41)50-29-12-14-34(32(20-29)36(43)49-2)40-52(46,47)18-16-25-5-10-28(38)11-6-25/h3-14,19-20,30,39-40H,15-18,21-23H2,1-2H3. The molecule has 1 heterocycles. The average molecular weight is 758 g/mol. The van der Waals surface area contributed by atoms with Crippen molar-refractivity contribution in [2.75, 3.05) is 48.3 Å². The number of esters is 2. The molecule has 0 radical (unpaired) electrons. The molecule has 0 spiro atoms. The van der Waals surface area contributed by atoms with E-state index in [0.29, 0.717) is 36.5 Å². The van der Waals surface area contributed by atoms with Crippen LogP contribution in [0.25, 0.3) is 0 Å². The molecule has 5 rings (SSSR count). The third kappa shape index (κ3) is 10.5. The number of ether oxygens (including phenoxy) is 3. The normalized spacial score (nSPS) is 13.5. The number of methoxy groups -OCH3 is 2. The average Bonchev–Trinajstić information content (AvgIpc) is 3.10. The zero-order chi connectivity index (χ0) is 37.5. The molecule has 1 fully saturated rings. The first-order valence-electron chi connectivity index (χ1n) is 16.0. The monoisotopic (exact) mass is 757 g/mol. The van der Waals surface area contributed by atoms with Gasteiger partial charge in [-0.2, -0.15) is 0 Å². The molecule has 1 saturated heterocycles. The molecule has 0 aromatic heterocycles. The van der Waals surface area contributed by atoms with Crippen molar-refractivity contribution >= 4 is 43.4 Å². The van der Waals surface area contributed by atoms with Crippen LogP contribution in [0.2, 0.25) is 0 Å². The number of anilines is 2. The fourth-order valence-electron chi connectivity index (χ4n) is 5.44. The lowest BCUT2D eigenvalue weighted by molar-refractivity contribution is 0.0144. The van der Waals surface area contributed by atoms with Crippen LogP contribution in [-0.4, -0.2) is 78.6 Å². The SMILES string of the molecule is COC(=O)c1cc(CN2CC(Oc3ccc(NS(=O)(=O)CCc4ccc(F)cc4)c(C(=O)OC)c3)C2)ccc1NS(=O)(=O)CCc1ccc(F)cc1. The van der Waals surface area contributed by atoms with E-state index in [-0.39, 0.29) is 53.0 Å². The number of hydrogen-bond acceptors (Lipinski definition) is 10. The van der Waals surface area contributed by atoms with Gasteiger partial charge >= 0.3 is 11.9 Å². The van der Waals surface area contributed by atoms with Gasteiger partial charge in [0.2, 0.25) is 20.0 Å². The van der Waals surface area contributed by atoms with Crippen molar-refractivity contribution in [2.45, 2.75) is 25.5 Å². The van der Waals surface area contributed by atoms with Gasteiger partial charge in [-0.3, -0.25) is 14.3 Å². The summed E-state index contributed by atoms with van der Waals surface area (Å²) < 4.78 is 98.3. The van der Waals surface area contributed by atoms with Crippen molar-refractivity contribution in [2.24, 2.45) is 0 Å². The highest BCUT2D eigenvalue weighted by Gasteiger charge is 2.30. The molecule has 1 aliphatic heterocycles. The molecule has 2 N–H and O–H groups in total. The van der Waals surface area contributed by atoms with Gasteiger partial charge in [0.25, 0.3) is 0 Å². The first-order valence-corrected chi connectivity index (χ1v) is 19.4. The Kier molecular flexibility index (Phi) is 12.1. The highest BCUT2D eigenvalue weighted by Crippen LogP contribution is 2.28. The lowest BCUT2D eigenvalue weighted by Crippen LogP contribution is -2.53. The molecule has 0 atom stereocenters. The second kappa shape index (κ2) is 16.5. The van der Waals surface area contributed by atoms with E-state index in [4.69, 9.17) is 14.2 Å². The largest absolute Gasteiger partial charge is 0.488 e. The van der Waals surface area contributed by atoms with Crippen LogP contribution in [0.5, 0.6) is 5.75 Å². The molecule has 1 aliphatic rings. The van der Waals surface area contributed by atoms with Gasteiger partial charge in [-0.1, -0.05) is 30.3 Å². The van der Waals surface area contributed by atoms with Crippen LogP contribution < -0.4 is 14.2 Å².